The first-order valence-electron chi connectivity index (χ1n) is 13.3. The summed E-state index contributed by atoms with van der Waals surface area (Å²) in [5.74, 6) is 2.67. The summed E-state index contributed by atoms with van der Waals surface area (Å²) in [5, 5.41) is 0. The second-order valence-electron chi connectivity index (χ2n) is 13.1. The zero-order valence-electron chi connectivity index (χ0n) is 20.3. The van der Waals surface area contributed by atoms with Gasteiger partial charge >= 0.3 is 11.9 Å². The Balaban J connectivity index is 1.34. The summed E-state index contributed by atoms with van der Waals surface area (Å²) in [6.07, 6.45) is 8.06. The van der Waals surface area contributed by atoms with Crippen LogP contribution < -0.4 is 0 Å². The van der Waals surface area contributed by atoms with Crippen LogP contribution in [-0.2, 0) is 23.9 Å². The Kier molecular flexibility index (Phi) is 3.84. The maximum absolute atomic E-state index is 13.6. The molecule has 6 fully saturated rings. The van der Waals surface area contributed by atoms with Crippen molar-refractivity contribution in [2.24, 2.45) is 58.2 Å². The van der Waals surface area contributed by atoms with Crippen molar-refractivity contribution in [3.05, 3.63) is 11.6 Å². The molecule has 1 aliphatic heterocycles. The normalized spacial score (nSPS) is 55.1. The Morgan fingerprint density at radius 2 is 1.91 bits per heavy atom. The molecule has 0 radical (unpaired) electrons. The molecule has 7 rings (SSSR count). The second-order valence-corrected chi connectivity index (χ2v) is 13.1. The minimum absolute atomic E-state index is 0.0195. The molecule has 178 valence electrons. The molecule has 0 aromatic heterocycles. The van der Waals surface area contributed by atoms with Crippen LogP contribution in [0, 0.1) is 58.2 Å². The Hall–Kier alpha value is -1.65. The zero-order valence-corrected chi connectivity index (χ0v) is 20.3. The number of hydrogen-bond donors (Lipinski definition) is 0. The van der Waals surface area contributed by atoms with E-state index in [0.717, 1.165) is 32.1 Å². The molecule has 1 saturated heterocycles. The lowest BCUT2D eigenvalue weighted by Gasteiger charge is -2.61. The molecule has 33 heavy (non-hydrogen) atoms. The van der Waals surface area contributed by atoms with Crippen LogP contribution in [0.15, 0.2) is 11.6 Å². The fraction of sp³-hybridized carbons (Fsp3) is 0.821. The molecule has 7 aliphatic rings. The summed E-state index contributed by atoms with van der Waals surface area (Å²) < 4.78 is 12.1. The summed E-state index contributed by atoms with van der Waals surface area (Å²) in [7, 11) is 0. The highest BCUT2D eigenvalue weighted by Gasteiger charge is 2.80. The zero-order chi connectivity index (χ0) is 23.1. The van der Waals surface area contributed by atoms with Crippen LogP contribution in [0.5, 0.6) is 0 Å². The van der Waals surface area contributed by atoms with E-state index in [4.69, 9.17) is 9.47 Å². The van der Waals surface area contributed by atoms with Crippen molar-refractivity contribution in [3.63, 3.8) is 0 Å². The third kappa shape index (κ3) is 2.33. The predicted octanol–water partition coefficient (Wildman–Crippen LogP) is 4.48. The number of fused-ring (bicyclic) bond motifs is 11. The van der Waals surface area contributed by atoms with Crippen LogP contribution in [-0.4, -0.2) is 29.4 Å². The van der Waals surface area contributed by atoms with Crippen LogP contribution in [0.1, 0.15) is 72.6 Å². The van der Waals surface area contributed by atoms with Gasteiger partial charge in [-0.15, -0.1) is 0 Å². The summed E-state index contributed by atoms with van der Waals surface area (Å²) >= 11 is 0. The minimum Gasteiger partial charge on any atom is -0.463 e. The first-order valence-corrected chi connectivity index (χ1v) is 13.3. The molecule has 0 aromatic rings. The van der Waals surface area contributed by atoms with Gasteiger partial charge in [-0.2, -0.15) is 0 Å². The molecular weight excluding hydrogens is 416 g/mol. The molecule has 5 saturated carbocycles. The van der Waals surface area contributed by atoms with Gasteiger partial charge in [0.1, 0.15) is 5.60 Å². The third-order valence-electron chi connectivity index (χ3n) is 11.7. The number of carbonyl (C=O) groups excluding carboxylic acids is 3. The van der Waals surface area contributed by atoms with Gasteiger partial charge in [0.2, 0.25) is 0 Å². The van der Waals surface area contributed by atoms with Gasteiger partial charge in [0.15, 0.2) is 5.78 Å². The van der Waals surface area contributed by atoms with Gasteiger partial charge in [-0.25, -0.2) is 0 Å². The topological polar surface area (TPSA) is 69.7 Å². The average Bonchev–Trinajstić information content (AvgIpc) is 3.65. The van der Waals surface area contributed by atoms with Crippen molar-refractivity contribution < 1.29 is 23.9 Å². The number of ether oxygens (including phenoxy) is 2. The lowest BCUT2D eigenvalue weighted by atomic mass is 9.43. The maximum Gasteiger partial charge on any atom is 0.309 e. The van der Waals surface area contributed by atoms with E-state index in [1.165, 1.54) is 5.57 Å². The molecule has 6 unspecified atom stereocenters. The van der Waals surface area contributed by atoms with Crippen LogP contribution >= 0.6 is 0 Å². The van der Waals surface area contributed by atoms with Crippen molar-refractivity contribution in [2.75, 3.05) is 0 Å². The quantitative estimate of drug-likeness (QED) is 0.578. The van der Waals surface area contributed by atoms with Gasteiger partial charge in [0, 0.05) is 23.7 Å². The van der Waals surface area contributed by atoms with Gasteiger partial charge < -0.3 is 9.47 Å². The van der Waals surface area contributed by atoms with Crippen molar-refractivity contribution in [3.8, 4) is 0 Å². The Morgan fingerprint density at radius 3 is 2.61 bits per heavy atom. The third-order valence-corrected chi connectivity index (χ3v) is 11.7. The molecule has 0 aromatic carbocycles. The highest BCUT2D eigenvalue weighted by molar-refractivity contribution is 5.96. The summed E-state index contributed by atoms with van der Waals surface area (Å²) in [5.41, 5.74) is 0.855. The maximum atomic E-state index is 13.6. The Bertz CT molecular complexity index is 1010. The largest absolute Gasteiger partial charge is 0.463 e. The molecule has 1 heterocycles. The van der Waals surface area contributed by atoms with E-state index in [9.17, 15) is 14.4 Å². The first-order chi connectivity index (χ1) is 15.6. The summed E-state index contributed by atoms with van der Waals surface area (Å²) in [6.45, 7) is 8.63. The van der Waals surface area contributed by atoms with E-state index in [-0.39, 0.29) is 58.0 Å². The van der Waals surface area contributed by atoms with Crippen molar-refractivity contribution in [1.82, 2.24) is 0 Å². The lowest BCUT2D eigenvalue weighted by Crippen LogP contribution is -2.60. The fourth-order valence-electron chi connectivity index (χ4n) is 10.4. The number of ketones is 1. The van der Waals surface area contributed by atoms with Crippen molar-refractivity contribution in [1.29, 1.82) is 0 Å². The fourth-order valence-corrected chi connectivity index (χ4v) is 10.4. The van der Waals surface area contributed by atoms with E-state index < -0.39 is 0 Å². The molecule has 11 atom stereocenters. The van der Waals surface area contributed by atoms with Crippen molar-refractivity contribution >= 4 is 17.7 Å². The van der Waals surface area contributed by atoms with E-state index >= 15 is 0 Å². The highest BCUT2D eigenvalue weighted by atomic mass is 16.6. The molecule has 6 aliphatic carbocycles. The lowest BCUT2D eigenvalue weighted by molar-refractivity contribution is -0.188. The standard InChI is InChI=1S/C28H36O5/c1-13(2)32-25(31)17-9-14-10-21(29)15-11-19(15)27(14,4)18-5-7-26(3)24(23(17)18)16-12-20(16)28(26)8-6-22(30)33-28/h10,13,15-20,23-24H,5-9,11-12H2,1-4H3/t15-,16-,17-,18?,19+,20+,23?,24?,26?,27?,28?/m1/s1. The molecule has 0 bridgehead atoms. The van der Waals surface area contributed by atoms with Gasteiger partial charge in [-0.05, 0) is 93.5 Å². The minimum atomic E-state index is -0.321. The first kappa shape index (κ1) is 20.7. The number of carbonyl (C=O) groups is 3. The summed E-state index contributed by atoms with van der Waals surface area (Å²) in [6, 6.07) is 0. The van der Waals surface area contributed by atoms with Crippen LogP contribution in [0.2, 0.25) is 0 Å². The number of hydrogen-bond acceptors (Lipinski definition) is 5. The smallest absolute Gasteiger partial charge is 0.309 e. The predicted molar refractivity (Wildman–Crippen MR) is 120 cm³/mol. The SMILES string of the molecule is CC(C)OC(=O)[C@@H]1CC2=CC(=O)[C@@H]3C[C@@H]3C2(C)C2CCC3(C)C(C21)[C@@H]1C[C@@H]1C31CCC(=O)O1. The monoisotopic (exact) mass is 452 g/mol. The van der Waals surface area contributed by atoms with E-state index in [2.05, 4.69) is 13.8 Å². The van der Waals surface area contributed by atoms with Crippen LogP contribution in [0.25, 0.3) is 0 Å². The van der Waals surface area contributed by atoms with E-state index in [0.29, 0.717) is 42.4 Å². The van der Waals surface area contributed by atoms with Crippen LogP contribution in [0.4, 0.5) is 0 Å². The Morgan fingerprint density at radius 1 is 1.12 bits per heavy atom. The van der Waals surface area contributed by atoms with Gasteiger partial charge in [-0.3, -0.25) is 14.4 Å². The molecule has 0 amide bonds. The second kappa shape index (κ2) is 6.12. The molecule has 5 nitrogen and oxygen atoms in total. The summed E-state index contributed by atoms with van der Waals surface area (Å²) in [4.78, 5) is 38.6. The van der Waals surface area contributed by atoms with Crippen molar-refractivity contribution in [2.45, 2.75) is 84.3 Å². The Labute approximate surface area is 196 Å². The molecule has 1 spiro atoms. The molecule has 0 N–H and O–H groups in total. The number of esters is 2. The van der Waals surface area contributed by atoms with E-state index in [1.54, 1.807) is 0 Å². The van der Waals surface area contributed by atoms with Gasteiger partial charge in [0.05, 0.1) is 12.0 Å². The van der Waals surface area contributed by atoms with Crippen LogP contribution in [0.3, 0.4) is 0 Å². The number of rotatable bonds is 2. The van der Waals surface area contributed by atoms with Gasteiger partial charge in [0.25, 0.3) is 0 Å². The number of allylic oxidation sites excluding steroid dienone is 1. The van der Waals surface area contributed by atoms with Gasteiger partial charge in [-0.1, -0.05) is 19.4 Å². The highest BCUT2D eigenvalue weighted by Crippen LogP contribution is 2.81. The molecular formula is C28H36O5. The van der Waals surface area contributed by atoms with E-state index in [1.807, 2.05) is 19.9 Å². The average molecular weight is 453 g/mol. The molecule has 5 heteroatoms.